The highest BCUT2D eigenvalue weighted by Crippen LogP contribution is 2.19. The van der Waals surface area contributed by atoms with Crippen LogP contribution in [0.1, 0.15) is 32.3 Å². The fourth-order valence-electron chi connectivity index (χ4n) is 1.92. The maximum Gasteiger partial charge on any atom is 0.230 e. The van der Waals surface area contributed by atoms with E-state index < -0.39 is 0 Å². The van der Waals surface area contributed by atoms with Crippen LogP contribution in [0, 0.1) is 0 Å². The summed E-state index contributed by atoms with van der Waals surface area (Å²) in [5.74, 6) is 0.599. The van der Waals surface area contributed by atoms with Crippen molar-refractivity contribution in [2.24, 2.45) is 0 Å². The SMILES string of the molecule is CCCC(C)NC(=O)CSc1cccc(CNC)c1. The van der Waals surface area contributed by atoms with Crippen molar-refractivity contribution in [2.75, 3.05) is 12.8 Å². The van der Waals surface area contributed by atoms with Crippen LogP contribution in [0.2, 0.25) is 0 Å². The maximum absolute atomic E-state index is 11.8. The van der Waals surface area contributed by atoms with E-state index in [4.69, 9.17) is 0 Å². The summed E-state index contributed by atoms with van der Waals surface area (Å²) in [6.45, 7) is 5.04. The molecule has 0 fully saturated rings. The largest absolute Gasteiger partial charge is 0.353 e. The average Bonchev–Trinajstić information content (AvgIpc) is 2.37. The molecule has 4 heteroatoms. The van der Waals surface area contributed by atoms with Gasteiger partial charge in [0.2, 0.25) is 5.91 Å². The number of hydrogen-bond acceptors (Lipinski definition) is 3. The summed E-state index contributed by atoms with van der Waals surface area (Å²) in [6.07, 6.45) is 2.13. The van der Waals surface area contributed by atoms with Crippen LogP contribution in [0.25, 0.3) is 0 Å². The van der Waals surface area contributed by atoms with E-state index in [1.165, 1.54) is 5.56 Å². The molecule has 1 aromatic carbocycles. The van der Waals surface area contributed by atoms with Crippen molar-refractivity contribution < 1.29 is 4.79 Å². The highest BCUT2D eigenvalue weighted by molar-refractivity contribution is 8.00. The monoisotopic (exact) mass is 280 g/mol. The molecule has 0 aliphatic rings. The molecule has 106 valence electrons. The lowest BCUT2D eigenvalue weighted by Crippen LogP contribution is -2.33. The first kappa shape index (κ1) is 16.1. The summed E-state index contributed by atoms with van der Waals surface area (Å²) in [7, 11) is 1.93. The number of carbonyl (C=O) groups is 1. The number of thioether (sulfide) groups is 1. The Balaban J connectivity index is 2.39. The van der Waals surface area contributed by atoms with Crippen molar-refractivity contribution in [1.29, 1.82) is 0 Å². The molecule has 1 aromatic rings. The van der Waals surface area contributed by atoms with Gasteiger partial charge in [0.25, 0.3) is 0 Å². The quantitative estimate of drug-likeness (QED) is 0.720. The topological polar surface area (TPSA) is 41.1 Å². The molecule has 0 heterocycles. The second kappa shape index (κ2) is 8.99. The second-order valence-corrected chi connectivity index (χ2v) is 5.77. The number of nitrogens with one attached hydrogen (secondary N) is 2. The Morgan fingerprint density at radius 3 is 2.89 bits per heavy atom. The van der Waals surface area contributed by atoms with E-state index in [0.29, 0.717) is 5.75 Å². The fraction of sp³-hybridized carbons (Fsp3) is 0.533. The van der Waals surface area contributed by atoms with Gasteiger partial charge in [0.05, 0.1) is 5.75 Å². The summed E-state index contributed by atoms with van der Waals surface area (Å²) >= 11 is 1.59. The van der Waals surface area contributed by atoms with Gasteiger partial charge in [-0.25, -0.2) is 0 Å². The van der Waals surface area contributed by atoms with E-state index in [2.05, 4.69) is 36.6 Å². The predicted octanol–water partition coefficient (Wildman–Crippen LogP) is 2.80. The van der Waals surface area contributed by atoms with Crippen LogP contribution in [0.15, 0.2) is 29.2 Å². The molecule has 0 aliphatic heterocycles. The van der Waals surface area contributed by atoms with Crippen LogP contribution in [0.5, 0.6) is 0 Å². The Kier molecular flexibility index (Phi) is 7.60. The Hall–Kier alpha value is -1.00. The summed E-state index contributed by atoms with van der Waals surface area (Å²) in [5.41, 5.74) is 1.24. The third-order valence-corrected chi connectivity index (χ3v) is 3.77. The Bertz CT molecular complexity index is 395. The molecule has 0 bridgehead atoms. The number of rotatable bonds is 8. The number of amides is 1. The van der Waals surface area contributed by atoms with Crippen molar-refractivity contribution in [3.63, 3.8) is 0 Å². The van der Waals surface area contributed by atoms with Crippen molar-refractivity contribution in [3.05, 3.63) is 29.8 Å². The molecule has 0 aromatic heterocycles. The van der Waals surface area contributed by atoms with Crippen molar-refractivity contribution in [1.82, 2.24) is 10.6 Å². The van der Waals surface area contributed by atoms with Crippen LogP contribution in [0.4, 0.5) is 0 Å². The summed E-state index contributed by atoms with van der Waals surface area (Å²) in [4.78, 5) is 12.9. The molecule has 2 N–H and O–H groups in total. The zero-order chi connectivity index (χ0) is 14.1. The van der Waals surface area contributed by atoms with Gasteiger partial charge in [-0.05, 0) is 38.1 Å². The van der Waals surface area contributed by atoms with Crippen LogP contribution in [-0.2, 0) is 11.3 Å². The lowest BCUT2D eigenvalue weighted by molar-refractivity contribution is -0.119. The standard InChI is InChI=1S/C15H24N2OS/c1-4-6-12(2)17-15(18)11-19-14-8-5-7-13(9-14)10-16-3/h5,7-9,12,16H,4,6,10-11H2,1-3H3,(H,17,18). The molecule has 1 rings (SSSR count). The molecule has 0 spiro atoms. The van der Waals surface area contributed by atoms with Crippen molar-refractivity contribution in [2.45, 2.75) is 44.2 Å². The third-order valence-electron chi connectivity index (χ3n) is 2.78. The van der Waals surface area contributed by atoms with Gasteiger partial charge in [0.1, 0.15) is 0 Å². The normalized spacial score (nSPS) is 12.2. The molecular weight excluding hydrogens is 256 g/mol. The molecular formula is C15H24N2OS. The molecule has 1 unspecified atom stereocenters. The van der Waals surface area contributed by atoms with E-state index in [0.717, 1.165) is 24.3 Å². The van der Waals surface area contributed by atoms with Crippen LogP contribution < -0.4 is 10.6 Å². The minimum atomic E-state index is 0.116. The van der Waals surface area contributed by atoms with Gasteiger partial charge in [0.15, 0.2) is 0 Å². The van der Waals surface area contributed by atoms with Gasteiger partial charge in [0, 0.05) is 17.5 Å². The Labute approximate surface area is 120 Å². The lowest BCUT2D eigenvalue weighted by atomic mass is 10.2. The first-order chi connectivity index (χ1) is 9.15. The van der Waals surface area contributed by atoms with Crippen LogP contribution in [-0.4, -0.2) is 24.7 Å². The molecule has 1 amide bonds. The zero-order valence-corrected chi connectivity index (χ0v) is 12.8. The van der Waals surface area contributed by atoms with Gasteiger partial charge < -0.3 is 10.6 Å². The van der Waals surface area contributed by atoms with Crippen LogP contribution in [0.3, 0.4) is 0 Å². The smallest absolute Gasteiger partial charge is 0.230 e. The average molecular weight is 280 g/mol. The first-order valence-electron chi connectivity index (χ1n) is 6.81. The third kappa shape index (κ3) is 6.64. The highest BCUT2D eigenvalue weighted by atomic mass is 32.2. The van der Waals surface area contributed by atoms with E-state index in [-0.39, 0.29) is 11.9 Å². The molecule has 1 atom stereocenters. The van der Waals surface area contributed by atoms with E-state index >= 15 is 0 Å². The van der Waals surface area contributed by atoms with Gasteiger partial charge in [-0.2, -0.15) is 0 Å². The summed E-state index contributed by atoms with van der Waals surface area (Å²) in [6, 6.07) is 8.57. The minimum absolute atomic E-state index is 0.116. The van der Waals surface area contributed by atoms with Gasteiger partial charge in [-0.1, -0.05) is 25.5 Å². The summed E-state index contributed by atoms with van der Waals surface area (Å²) < 4.78 is 0. The predicted molar refractivity (Wildman–Crippen MR) is 82.4 cm³/mol. The van der Waals surface area contributed by atoms with Crippen molar-refractivity contribution in [3.8, 4) is 0 Å². The van der Waals surface area contributed by atoms with E-state index in [9.17, 15) is 4.79 Å². The fourth-order valence-corrected chi connectivity index (χ4v) is 2.71. The molecule has 0 aliphatic carbocycles. The summed E-state index contributed by atoms with van der Waals surface area (Å²) in [5, 5.41) is 6.15. The number of carbonyl (C=O) groups excluding carboxylic acids is 1. The van der Waals surface area contributed by atoms with Gasteiger partial charge in [-0.15, -0.1) is 11.8 Å². The van der Waals surface area contributed by atoms with E-state index in [1.807, 2.05) is 19.2 Å². The maximum atomic E-state index is 11.8. The second-order valence-electron chi connectivity index (χ2n) is 4.72. The minimum Gasteiger partial charge on any atom is -0.353 e. The zero-order valence-electron chi connectivity index (χ0n) is 12.0. The van der Waals surface area contributed by atoms with Gasteiger partial charge >= 0.3 is 0 Å². The first-order valence-corrected chi connectivity index (χ1v) is 7.80. The molecule has 19 heavy (non-hydrogen) atoms. The van der Waals surface area contributed by atoms with Crippen LogP contribution >= 0.6 is 11.8 Å². The molecule has 0 saturated heterocycles. The van der Waals surface area contributed by atoms with Crippen molar-refractivity contribution >= 4 is 17.7 Å². The Morgan fingerprint density at radius 1 is 1.42 bits per heavy atom. The highest BCUT2D eigenvalue weighted by Gasteiger charge is 2.07. The molecule has 0 radical (unpaired) electrons. The van der Waals surface area contributed by atoms with Gasteiger partial charge in [-0.3, -0.25) is 4.79 Å². The number of hydrogen-bond donors (Lipinski definition) is 2. The molecule has 0 saturated carbocycles. The Morgan fingerprint density at radius 2 is 2.21 bits per heavy atom. The number of benzene rings is 1. The van der Waals surface area contributed by atoms with E-state index in [1.54, 1.807) is 11.8 Å². The lowest BCUT2D eigenvalue weighted by Gasteiger charge is -2.12. The molecule has 3 nitrogen and oxygen atoms in total.